The number of carbonyl (C=O) groups is 1. The molecule has 0 fully saturated rings. The number of hydrogen-bond donors (Lipinski definition) is 2. The Kier molecular flexibility index (Phi) is 3.27. The third kappa shape index (κ3) is 2.96. The summed E-state index contributed by atoms with van der Waals surface area (Å²) in [4.78, 5) is 14.6. The molecule has 0 aliphatic carbocycles. The predicted octanol–water partition coefficient (Wildman–Crippen LogP) is 1.14. The first-order valence-electron chi connectivity index (χ1n) is 5.54. The molecule has 0 aliphatic rings. The molecule has 90 valence electrons. The van der Waals surface area contributed by atoms with Crippen LogP contribution in [0, 0.1) is 13.8 Å². The number of rotatable bonds is 4. The van der Waals surface area contributed by atoms with Gasteiger partial charge in [-0.25, -0.2) is 0 Å². The van der Waals surface area contributed by atoms with Crippen molar-refractivity contribution in [1.82, 2.24) is 20.1 Å². The minimum Gasteiger partial charge on any atom is -0.367 e. The molecule has 0 atom stereocenters. The van der Waals surface area contributed by atoms with E-state index in [9.17, 15) is 4.79 Å². The van der Waals surface area contributed by atoms with Gasteiger partial charge in [-0.1, -0.05) is 0 Å². The average molecular weight is 232 g/mol. The first-order chi connectivity index (χ1) is 8.15. The zero-order valence-corrected chi connectivity index (χ0v) is 10.0. The van der Waals surface area contributed by atoms with E-state index in [1.165, 1.54) is 0 Å². The molecule has 2 aromatic rings. The molecule has 0 aliphatic heterocycles. The highest BCUT2D eigenvalue weighted by molar-refractivity contribution is 5.75. The van der Waals surface area contributed by atoms with Gasteiger partial charge in [0.25, 0.3) is 0 Å². The molecule has 0 radical (unpaired) electrons. The van der Waals surface area contributed by atoms with Crippen LogP contribution >= 0.6 is 0 Å². The van der Waals surface area contributed by atoms with Crippen LogP contribution in [-0.4, -0.2) is 20.7 Å². The maximum absolute atomic E-state index is 11.7. The first kappa shape index (κ1) is 11.4. The predicted molar refractivity (Wildman–Crippen MR) is 64.3 cm³/mol. The molecule has 2 N–H and O–H groups in total. The topological polar surface area (TPSA) is 62.7 Å². The number of H-pyrrole nitrogens is 1. The van der Waals surface area contributed by atoms with Crippen LogP contribution in [0.2, 0.25) is 0 Å². The van der Waals surface area contributed by atoms with Crippen LogP contribution < -0.4 is 5.32 Å². The van der Waals surface area contributed by atoms with Gasteiger partial charge in [-0.05, 0) is 31.5 Å². The van der Waals surface area contributed by atoms with E-state index < -0.39 is 0 Å². The van der Waals surface area contributed by atoms with Gasteiger partial charge in [0.1, 0.15) is 6.54 Å². The molecule has 1 amide bonds. The SMILES string of the molecule is Cc1cc(C)n(CC(=O)NCc2cc[nH]c2)n1. The number of hydrogen-bond acceptors (Lipinski definition) is 2. The number of nitrogens with zero attached hydrogens (tertiary/aromatic N) is 2. The fraction of sp³-hybridized carbons (Fsp3) is 0.333. The molecule has 2 aromatic heterocycles. The van der Waals surface area contributed by atoms with Gasteiger partial charge in [-0.2, -0.15) is 5.10 Å². The molecule has 0 saturated carbocycles. The normalized spacial score (nSPS) is 10.5. The van der Waals surface area contributed by atoms with E-state index >= 15 is 0 Å². The number of aryl methyl sites for hydroxylation is 2. The summed E-state index contributed by atoms with van der Waals surface area (Å²) in [5, 5.41) is 7.10. The van der Waals surface area contributed by atoms with Gasteiger partial charge in [0, 0.05) is 24.6 Å². The standard InChI is InChI=1S/C12H16N4O/c1-9-5-10(2)16(15-9)8-12(17)14-7-11-3-4-13-6-11/h3-6,13H,7-8H2,1-2H3,(H,14,17). The molecular weight excluding hydrogens is 216 g/mol. The minimum absolute atomic E-state index is 0.0302. The summed E-state index contributed by atoms with van der Waals surface area (Å²) in [6, 6.07) is 3.89. The van der Waals surface area contributed by atoms with Crippen molar-refractivity contribution in [2.45, 2.75) is 26.9 Å². The summed E-state index contributed by atoms with van der Waals surface area (Å²) in [5.74, 6) is -0.0302. The molecular formula is C12H16N4O. The van der Waals surface area contributed by atoms with Gasteiger partial charge >= 0.3 is 0 Å². The van der Waals surface area contributed by atoms with E-state index in [0.717, 1.165) is 17.0 Å². The summed E-state index contributed by atoms with van der Waals surface area (Å²) in [5.41, 5.74) is 2.99. The van der Waals surface area contributed by atoms with Gasteiger partial charge < -0.3 is 10.3 Å². The lowest BCUT2D eigenvalue weighted by Gasteiger charge is -2.05. The lowest BCUT2D eigenvalue weighted by molar-refractivity contribution is -0.122. The largest absolute Gasteiger partial charge is 0.367 e. The van der Waals surface area contributed by atoms with E-state index in [0.29, 0.717) is 6.54 Å². The second kappa shape index (κ2) is 4.86. The molecule has 5 nitrogen and oxygen atoms in total. The fourth-order valence-corrected chi connectivity index (χ4v) is 1.70. The van der Waals surface area contributed by atoms with Crippen molar-refractivity contribution in [1.29, 1.82) is 0 Å². The van der Waals surface area contributed by atoms with Crippen LogP contribution in [-0.2, 0) is 17.9 Å². The highest BCUT2D eigenvalue weighted by atomic mass is 16.2. The average Bonchev–Trinajstić information content (AvgIpc) is 2.87. The van der Waals surface area contributed by atoms with Crippen molar-refractivity contribution in [3.8, 4) is 0 Å². The molecule has 17 heavy (non-hydrogen) atoms. The van der Waals surface area contributed by atoms with E-state index in [4.69, 9.17) is 0 Å². The lowest BCUT2D eigenvalue weighted by Crippen LogP contribution is -2.27. The quantitative estimate of drug-likeness (QED) is 0.830. The smallest absolute Gasteiger partial charge is 0.242 e. The Morgan fingerprint density at radius 3 is 2.94 bits per heavy atom. The second-order valence-electron chi connectivity index (χ2n) is 4.08. The van der Waals surface area contributed by atoms with E-state index in [1.54, 1.807) is 4.68 Å². The van der Waals surface area contributed by atoms with Crippen LogP contribution in [0.25, 0.3) is 0 Å². The summed E-state index contributed by atoms with van der Waals surface area (Å²) in [6.07, 6.45) is 3.70. The summed E-state index contributed by atoms with van der Waals surface area (Å²) < 4.78 is 1.71. The summed E-state index contributed by atoms with van der Waals surface area (Å²) >= 11 is 0. The Hall–Kier alpha value is -2.04. The van der Waals surface area contributed by atoms with Gasteiger partial charge in [0.2, 0.25) is 5.91 Å². The monoisotopic (exact) mass is 232 g/mol. The molecule has 0 aromatic carbocycles. The van der Waals surface area contributed by atoms with Crippen molar-refractivity contribution in [2.24, 2.45) is 0 Å². The summed E-state index contributed by atoms with van der Waals surface area (Å²) in [7, 11) is 0. The van der Waals surface area contributed by atoms with Gasteiger partial charge in [-0.15, -0.1) is 0 Å². The fourth-order valence-electron chi connectivity index (χ4n) is 1.70. The molecule has 2 heterocycles. The van der Waals surface area contributed by atoms with Crippen molar-refractivity contribution in [3.05, 3.63) is 41.5 Å². The van der Waals surface area contributed by atoms with Crippen LogP contribution in [0.4, 0.5) is 0 Å². The number of aromatic amines is 1. The highest BCUT2D eigenvalue weighted by Crippen LogP contribution is 2.01. The molecule has 2 rings (SSSR count). The third-order valence-corrected chi connectivity index (χ3v) is 2.55. The second-order valence-corrected chi connectivity index (χ2v) is 4.08. The zero-order valence-electron chi connectivity index (χ0n) is 10.0. The van der Waals surface area contributed by atoms with Crippen molar-refractivity contribution in [3.63, 3.8) is 0 Å². The molecule has 0 unspecified atom stereocenters. The number of carbonyl (C=O) groups excluding carboxylic acids is 1. The Morgan fingerprint density at radius 2 is 2.35 bits per heavy atom. The molecule has 0 spiro atoms. The van der Waals surface area contributed by atoms with E-state index in [-0.39, 0.29) is 12.5 Å². The molecule has 0 saturated heterocycles. The summed E-state index contributed by atoms with van der Waals surface area (Å²) in [6.45, 7) is 4.67. The first-order valence-corrected chi connectivity index (χ1v) is 5.54. The molecule has 5 heteroatoms. The Morgan fingerprint density at radius 1 is 1.53 bits per heavy atom. The van der Waals surface area contributed by atoms with Crippen LogP contribution in [0.3, 0.4) is 0 Å². The van der Waals surface area contributed by atoms with Crippen LogP contribution in [0.1, 0.15) is 17.0 Å². The maximum Gasteiger partial charge on any atom is 0.242 e. The van der Waals surface area contributed by atoms with Gasteiger partial charge in [0.05, 0.1) is 5.69 Å². The number of amides is 1. The third-order valence-electron chi connectivity index (χ3n) is 2.55. The number of aromatic nitrogens is 3. The Labute approximate surface area is 99.8 Å². The minimum atomic E-state index is -0.0302. The number of nitrogens with one attached hydrogen (secondary N) is 2. The zero-order chi connectivity index (χ0) is 12.3. The lowest BCUT2D eigenvalue weighted by atomic mass is 10.3. The highest BCUT2D eigenvalue weighted by Gasteiger charge is 2.06. The van der Waals surface area contributed by atoms with Crippen LogP contribution in [0.15, 0.2) is 24.5 Å². The van der Waals surface area contributed by atoms with Crippen LogP contribution in [0.5, 0.6) is 0 Å². The van der Waals surface area contributed by atoms with Gasteiger partial charge in [-0.3, -0.25) is 9.48 Å². The van der Waals surface area contributed by atoms with Gasteiger partial charge in [0.15, 0.2) is 0 Å². The Bertz CT molecular complexity index is 499. The molecule has 0 bridgehead atoms. The van der Waals surface area contributed by atoms with Crippen molar-refractivity contribution < 1.29 is 4.79 Å². The van der Waals surface area contributed by atoms with E-state index in [1.807, 2.05) is 38.4 Å². The van der Waals surface area contributed by atoms with Crippen molar-refractivity contribution in [2.75, 3.05) is 0 Å². The maximum atomic E-state index is 11.7. The Balaban J connectivity index is 1.87. The van der Waals surface area contributed by atoms with Crippen molar-refractivity contribution >= 4 is 5.91 Å². The van der Waals surface area contributed by atoms with E-state index in [2.05, 4.69) is 15.4 Å².